The summed E-state index contributed by atoms with van der Waals surface area (Å²) < 4.78 is 6.17. The van der Waals surface area contributed by atoms with E-state index in [0.717, 1.165) is 11.1 Å². The lowest BCUT2D eigenvalue weighted by molar-refractivity contribution is -0.143. The van der Waals surface area contributed by atoms with Crippen molar-refractivity contribution in [2.45, 2.75) is 6.54 Å². The summed E-state index contributed by atoms with van der Waals surface area (Å²) in [5, 5.41) is 10.4. The van der Waals surface area contributed by atoms with E-state index in [2.05, 4.69) is 15.5 Å². The van der Waals surface area contributed by atoms with E-state index < -0.39 is 5.97 Å². The third kappa shape index (κ3) is 3.89. The fraction of sp³-hybridized carbons (Fsp3) is 0.118. The number of tetrazole rings is 1. The molecule has 0 bridgehead atoms. The fourth-order valence-electron chi connectivity index (χ4n) is 2.14. The number of ether oxygens (including phenoxy) is 1. The molecule has 3 rings (SSSR count). The molecule has 24 heavy (non-hydrogen) atoms. The predicted octanol–water partition coefficient (Wildman–Crippen LogP) is 1.77. The van der Waals surface area contributed by atoms with Crippen LogP contribution in [0.15, 0.2) is 60.9 Å². The fourth-order valence-corrected chi connectivity index (χ4v) is 2.14. The summed E-state index contributed by atoms with van der Waals surface area (Å²) in [6, 6.07) is 17.0. The van der Waals surface area contributed by atoms with Gasteiger partial charge in [-0.05, 0) is 21.6 Å². The van der Waals surface area contributed by atoms with Crippen molar-refractivity contribution >= 4 is 11.8 Å². The lowest BCUT2D eigenvalue weighted by Crippen LogP contribution is -2.18. The highest BCUT2D eigenvalue weighted by molar-refractivity contribution is 5.98. The maximum absolute atomic E-state index is 12.1. The Labute approximate surface area is 137 Å². The summed E-state index contributed by atoms with van der Waals surface area (Å²) in [5.74, 6) is -0.837. The van der Waals surface area contributed by atoms with Gasteiger partial charge in [-0.15, -0.1) is 5.10 Å². The smallest absolute Gasteiger partial charge is 0.328 e. The van der Waals surface area contributed by atoms with E-state index in [1.54, 1.807) is 12.1 Å². The predicted molar refractivity (Wildman–Crippen MR) is 85.0 cm³/mol. The number of aromatic nitrogens is 4. The summed E-state index contributed by atoms with van der Waals surface area (Å²) in [4.78, 5) is 23.7. The molecule has 0 aliphatic carbocycles. The summed E-state index contributed by atoms with van der Waals surface area (Å²) in [7, 11) is 0. The number of Topliss-reactive ketones (excluding diaryl/α,β-unsaturated/α-hetero) is 1. The number of hydrogen-bond donors (Lipinski definition) is 0. The van der Waals surface area contributed by atoms with Gasteiger partial charge < -0.3 is 4.74 Å². The number of benzene rings is 2. The van der Waals surface area contributed by atoms with Crippen LogP contribution in [-0.4, -0.2) is 38.6 Å². The van der Waals surface area contributed by atoms with Crippen LogP contribution in [0.2, 0.25) is 0 Å². The lowest BCUT2D eigenvalue weighted by Gasteiger charge is -2.05. The van der Waals surface area contributed by atoms with Crippen molar-refractivity contribution in [3.05, 3.63) is 66.5 Å². The van der Waals surface area contributed by atoms with E-state index in [9.17, 15) is 9.59 Å². The molecule has 1 aromatic heterocycles. The number of rotatable bonds is 6. The second kappa shape index (κ2) is 7.28. The maximum atomic E-state index is 12.1. The van der Waals surface area contributed by atoms with Crippen molar-refractivity contribution in [3.8, 4) is 11.1 Å². The molecular formula is C17H14N4O3. The molecule has 0 fully saturated rings. The average Bonchev–Trinajstić information content (AvgIpc) is 3.13. The van der Waals surface area contributed by atoms with Gasteiger partial charge in [0.25, 0.3) is 0 Å². The standard InChI is InChI=1S/C17H14N4O3/c22-16(11-24-17(23)10-21-12-18-19-20-21)15-8-6-14(7-9-15)13-4-2-1-3-5-13/h1-9,12H,10-11H2. The molecule has 0 N–H and O–H groups in total. The Morgan fingerprint density at radius 1 is 0.958 bits per heavy atom. The summed E-state index contributed by atoms with van der Waals surface area (Å²) in [6.07, 6.45) is 1.30. The van der Waals surface area contributed by atoms with Crippen LogP contribution in [0.1, 0.15) is 10.4 Å². The van der Waals surface area contributed by atoms with Gasteiger partial charge in [0.15, 0.2) is 12.4 Å². The van der Waals surface area contributed by atoms with Crippen LogP contribution in [0.25, 0.3) is 11.1 Å². The van der Waals surface area contributed by atoms with Gasteiger partial charge in [0.1, 0.15) is 12.9 Å². The Bertz CT molecular complexity index is 815. The van der Waals surface area contributed by atoms with Gasteiger partial charge >= 0.3 is 5.97 Å². The van der Waals surface area contributed by atoms with Gasteiger partial charge in [-0.25, -0.2) is 4.68 Å². The van der Waals surface area contributed by atoms with Crippen molar-refractivity contribution in [3.63, 3.8) is 0 Å². The van der Waals surface area contributed by atoms with Crippen molar-refractivity contribution in [1.82, 2.24) is 20.2 Å². The minimum Gasteiger partial charge on any atom is -0.456 e. The van der Waals surface area contributed by atoms with E-state index in [-0.39, 0.29) is 18.9 Å². The number of carbonyl (C=O) groups excluding carboxylic acids is 2. The zero-order chi connectivity index (χ0) is 16.8. The quantitative estimate of drug-likeness (QED) is 0.508. The van der Waals surface area contributed by atoms with E-state index >= 15 is 0 Å². The van der Waals surface area contributed by atoms with E-state index in [0.29, 0.717) is 5.56 Å². The summed E-state index contributed by atoms with van der Waals surface area (Å²) in [6.45, 7) is -0.446. The molecule has 0 aliphatic rings. The molecule has 0 atom stereocenters. The molecular weight excluding hydrogens is 308 g/mol. The molecule has 7 nitrogen and oxygen atoms in total. The number of hydrogen-bond acceptors (Lipinski definition) is 6. The molecule has 120 valence electrons. The first kappa shape index (κ1) is 15.5. The van der Waals surface area contributed by atoms with Crippen LogP contribution in [0.3, 0.4) is 0 Å². The summed E-state index contributed by atoms with van der Waals surface area (Å²) in [5.41, 5.74) is 2.58. The second-order valence-electron chi connectivity index (χ2n) is 5.03. The maximum Gasteiger partial charge on any atom is 0.328 e. The van der Waals surface area contributed by atoms with Crippen LogP contribution in [-0.2, 0) is 16.1 Å². The van der Waals surface area contributed by atoms with Crippen molar-refractivity contribution in [1.29, 1.82) is 0 Å². The lowest BCUT2D eigenvalue weighted by atomic mass is 10.0. The van der Waals surface area contributed by atoms with Gasteiger partial charge in [-0.1, -0.05) is 54.6 Å². The highest BCUT2D eigenvalue weighted by Gasteiger charge is 2.11. The Hall–Kier alpha value is -3.35. The number of esters is 1. The van der Waals surface area contributed by atoms with Gasteiger partial charge in [-0.3, -0.25) is 9.59 Å². The molecule has 3 aromatic rings. The molecule has 0 saturated carbocycles. The summed E-state index contributed by atoms with van der Waals surface area (Å²) >= 11 is 0. The first-order valence-electron chi connectivity index (χ1n) is 7.27. The molecule has 0 aliphatic heterocycles. The van der Waals surface area contributed by atoms with E-state index in [4.69, 9.17) is 4.74 Å². The van der Waals surface area contributed by atoms with Crippen LogP contribution < -0.4 is 0 Å². The third-order valence-electron chi connectivity index (χ3n) is 3.36. The van der Waals surface area contributed by atoms with Crippen molar-refractivity contribution in [2.24, 2.45) is 0 Å². The molecule has 0 amide bonds. The first-order valence-corrected chi connectivity index (χ1v) is 7.27. The minimum atomic E-state index is -0.573. The number of ketones is 1. The first-order chi connectivity index (χ1) is 11.7. The number of carbonyl (C=O) groups is 2. The minimum absolute atomic E-state index is 0.132. The monoisotopic (exact) mass is 322 g/mol. The van der Waals surface area contributed by atoms with Crippen LogP contribution >= 0.6 is 0 Å². The van der Waals surface area contributed by atoms with Crippen molar-refractivity contribution < 1.29 is 14.3 Å². The van der Waals surface area contributed by atoms with Crippen LogP contribution in [0.5, 0.6) is 0 Å². The van der Waals surface area contributed by atoms with Crippen molar-refractivity contribution in [2.75, 3.05) is 6.61 Å². The zero-order valence-corrected chi connectivity index (χ0v) is 12.7. The Kier molecular flexibility index (Phi) is 4.71. The molecule has 2 aromatic carbocycles. The molecule has 0 radical (unpaired) electrons. The molecule has 0 unspecified atom stereocenters. The second-order valence-corrected chi connectivity index (χ2v) is 5.03. The Morgan fingerprint density at radius 3 is 2.33 bits per heavy atom. The molecule has 0 spiro atoms. The van der Waals surface area contributed by atoms with Gasteiger partial charge in [0.2, 0.25) is 0 Å². The average molecular weight is 322 g/mol. The molecule has 0 saturated heterocycles. The largest absolute Gasteiger partial charge is 0.456 e. The topological polar surface area (TPSA) is 87.0 Å². The van der Waals surface area contributed by atoms with Crippen LogP contribution in [0.4, 0.5) is 0 Å². The molecule has 1 heterocycles. The van der Waals surface area contributed by atoms with E-state index in [1.807, 2.05) is 42.5 Å². The van der Waals surface area contributed by atoms with Gasteiger partial charge in [0, 0.05) is 5.56 Å². The van der Waals surface area contributed by atoms with E-state index in [1.165, 1.54) is 11.0 Å². The third-order valence-corrected chi connectivity index (χ3v) is 3.36. The van der Waals surface area contributed by atoms with Gasteiger partial charge in [0.05, 0.1) is 0 Å². The SMILES string of the molecule is O=C(Cn1cnnn1)OCC(=O)c1ccc(-c2ccccc2)cc1. The highest BCUT2D eigenvalue weighted by Crippen LogP contribution is 2.19. The Balaban J connectivity index is 1.56. The highest BCUT2D eigenvalue weighted by atomic mass is 16.5. The molecule has 7 heteroatoms. The normalized spacial score (nSPS) is 10.3. The number of nitrogens with zero attached hydrogens (tertiary/aromatic N) is 4. The zero-order valence-electron chi connectivity index (χ0n) is 12.7. The van der Waals surface area contributed by atoms with Crippen LogP contribution in [0, 0.1) is 0 Å². The Morgan fingerprint density at radius 2 is 1.67 bits per heavy atom. The van der Waals surface area contributed by atoms with Gasteiger partial charge in [-0.2, -0.15) is 0 Å².